The van der Waals surface area contributed by atoms with Crippen LogP contribution in [0.1, 0.15) is 30.5 Å². The Balaban J connectivity index is 1.51. The van der Waals surface area contributed by atoms with Gasteiger partial charge in [0.15, 0.2) is 0 Å². The van der Waals surface area contributed by atoms with Gasteiger partial charge in [0.25, 0.3) is 0 Å². The number of carbonyl (C=O) groups excluding carboxylic acids is 1. The van der Waals surface area contributed by atoms with Crippen molar-refractivity contribution in [3.05, 3.63) is 35.5 Å². The van der Waals surface area contributed by atoms with Gasteiger partial charge in [0.05, 0.1) is 31.9 Å². The number of amides is 1. The minimum atomic E-state index is -0.201. The normalized spacial score (nSPS) is 19.0. The first-order chi connectivity index (χ1) is 13.5. The highest BCUT2D eigenvalue weighted by Gasteiger charge is 2.45. The summed E-state index contributed by atoms with van der Waals surface area (Å²) in [5.41, 5.74) is 1.91. The Morgan fingerprint density at radius 3 is 2.57 bits per heavy atom. The van der Waals surface area contributed by atoms with E-state index in [-0.39, 0.29) is 11.4 Å². The van der Waals surface area contributed by atoms with Crippen molar-refractivity contribution in [2.75, 3.05) is 39.3 Å². The third-order valence-corrected chi connectivity index (χ3v) is 6.14. The molecule has 0 N–H and O–H groups in total. The SMILES string of the molecule is COc1ccc(CN2CCC3(CC2)CC(=O)N(C)c2cc(C)nn23)c(OC)c1. The van der Waals surface area contributed by atoms with E-state index in [9.17, 15) is 4.79 Å². The Morgan fingerprint density at radius 1 is 1.14 bits per heavy atom. The number of benzene rings is 1. The summed E-state index contributed by atoms with van der Waals surface area (Å²) in [7, 11) is 5.19. The van der Waals surface area contributed by atoms with Crippen molar-refractivity contribution in [2.45, 2.75) is 38.3 Å². The number of carbonyl (C=O) groups is 1. The van der Waals surface area contributed by atoms with Crippen LogP contribution in [-0.2, 0) is 16.9 Å². The van der Waals surface area contributed by atoms with Crippen molar-refractivity contribution in [3.8, 4) is 11.5 Å². The number of rotatable bonds is 4. The molecule has 1 fully saturated rings. The van der Waals surface area contributed by atoms with Crippen molar-refractivity contribution in [3.63, 3.8) is 0 Å². The van der Waals surface area contributed by atoms with Gasteiger partial charge in [-0.25, -0.2) is 4.68 Å². The van der Waals surface area contributed by atoms with E-state index in [4.69, 9.17) is 14.6 Å². The number of hydrogen-bond acceptors (Lipinski definition) is 5. The number of piperidine rings is 1. The number of ether oxygens (including phenoxy) is 2. The van der Waals surface area contributed by atoms with Gasteiger partial charge in [-0.3, -0.25) is 9.69 Å². The lowest BCUT2D eigenvalue weighted by atomic mass is 9.82. The highest BCUT2D eigenvalue weighted by Crippen LogP contribution is 2.41. The molecule has 0 saturated carbocycles. The van der Waals surface area contributed by atoms with Crippen LogP contribution < -0.4 is 14.4 Å². The first kappa shape index (κ1) is 18.8. The van der Waals surface area contributed by atoms with Crippen molar-refractivity contribution in [2.24, 2.45) is 0 Å². The summed E-state index contributed by atoms with van der Waals surface area (Å²) in [6.45, 7) is 4.65. The highest BCUT2D eigenvalue weighted by molar-refractivity contribution is 5.94. The predicted octanol–water partition coefficient (Wildman–Crippen LogP) is 2.57. The van der Waals surface area contributed by atoms with E-state index in [1.54, 1.807) is 19.1 Å². The van der Waals surface area contributed by atoms with Gasteiger partial charge in [-0.2, -0.15) is 5.10 Å². The number of anilines is 1. The Morgan fingerprint density at radius 2 is 1.89 bits per heavy atom. The molecule has 2 aliphatic rings. The molecule has 1 aromatic carbocycles. The van der Waals surface area contributed by atoms with E-state index in [0.29, 0.717) is 6.42 Å². The quantitative estimate of drug-likeness (QED) is 0.811. The minimum Gasteiger partial charge on any atom is -0.497 e. The third-order valence-electron chi connectivity index (χ3n) is 6.14. The Hall–Kier alpha value is -2.54. The monoisotopic (exact) mass is 384 g/mol. The molecular weight excluding hydrogens is 356 g/mol. The Kier molecular flexibility index (Phi) is 4.79. The number of aryl methyl sites for hydroxylation is 1. The summed E-state index contributed by atoms with van der Waals surface area (Å²) in [6.07, 6.45) is 2.36. The van der Waals surface area contributed by atoms with Crippen LogP contribution in [-0.4, -0.2) is 54.9 Å². The number of methoxy groups -OCH3 is 2. The highest BCUT2D eigenvalue weighted by atomic mass is 16.5. The molecule has 0 unspecified atom stereocenters. The van der Waals surface area contributed by atoms with E-state index < -0.39 is 0 Å². The van der Waals surface area contributed by atoms with E-state index in [2.05, 4.69) is 15.6 Å². The lowest BCUT2D eigenvalue weighted by molar-refractivity contribution is -0.122. The molecule has 0 atom stereocenters. The zero-order valence-corrected chi connectivity index (χ0v) is 17.1. The van der Waals surface area contributed by atoms with E-state index >= 15 is 0 Å². The molecule has 1 spiro atoms. The zero-order valence-electron chi connectivity index (χ0n) is 17.1. The van der Waals surface area contributed by atoms with E-state index in [1.807, 2.05) is 32.2 Å². The predicted molar refractivity (Wildman–Crippen MR) is 107 cm³/mol. The molecule has 150 valence electrons. The lowest BCUT2D eigenvalue weighted by Gasteiger charge is -2.46. The van der Waals surface area contributed by atoms with Crippen LogP contribution in [0.3, 0.4) is 0 Å². The van der Waals surface area contributed by atoms with E-state index in [1.165, 1.54) is 0 Å². The smallest absolute Gasteiger partial charge is 0.230 e. The molecule has 1 aromatic heterocycles. The summed E-state index contributed by atoms with van der Waals surface area (Å²) in [6, 6.07) is 7.97. The fourth-order valence-corrected chi connectivity index (χ4v) is 4.42. The van der Waals surface area contributed by atoms with Gasteiger partial charge in [0.2, 0.25) is 5.91 Å². The second-order valence-electron chi connectivity index (χ2n) is 7.86. The maximum atomic E-state index is 12.6. The average molecular weight is 384 g/mol. The summed E-state index contributed by atoms with van der Waals surface area (Å²) >= 11 is 0. The second-order valence-corrected chi connectivity index (χ2v) is 7.86. The van der Waals surface area contributed by atoms with Crippen molar-refractivity contribution in [1.82, 2.24) is 14.7 Å². The summed E-state index contributed by atoms with van der Waals surface area (Å²) < 4.78 is 12.9. The van der Waals surface area contributed by atoms with Crippen LogP contribution in [0, 0.1) is 6.92 Å². The number of nitrogens with zero attached hydrogens (tertiary/aromatic N) is 4. The Bertz CT molecular complexity index is 884. The molecule has 1 amide bonds. The molecular formula is C21H28N4O3. The summed E-state index contributed by atoms with van der Waals surface area (Å²) in [4.78, 5) is 16.8. The van der Waals surface area contributed by atoms with Crippen molar-refractivity contribution in [1.29, 1.82) is 0 Å². The van der Waals surface area contributed by atoms with Gasteiger partial charge in [0, 0.05) is 44.4 Å². The van der Waals surface area contributed by atoms with Crippen LogP contribution in [0.25, 0.3) is 0 Å². The number of fused-ring (bicyclic) bond motifs is 2. The fraction of sp³-hybridized carbons (Fsp3) is 0.524. The molecule has 1 saturated heterocycles. The maximum absolute atomic E-state index is 12.6. The first-order valence-corrected chi connectivity index (χ1v) is 9.73. The second kappa shape index (κ2) is 7.13. The topological polar surface area (TPSA) is 59.8 Å². The molecule has 3 heterocycles. The van der Waals surface area contributed by atoms with Crippen LogP contribution in [0.15, 0.2) is 24.3 Å². The van der Waals surface area contributed by atoms with Gasteiger partial charge in [-0.05, 0) is 25.8 Å². The lowest BCUT2D eigenvalue weighted by Crippen LogP contribution is -2.53. The van der Waals surface area contributed by atoms with Gasteiger partial charge in [-0.15, -0.1) is 0 Å². The number of likely N-dealkylation sites (tertiary alicyclic amines) is 1. The standard InChI is InChI=1S/C21H28N4O3/c1-15-11-19-23(2)20(26)13-21(25(19)22-15)7-9-24(10-8-21)14-16-5-6-17(27-3)12-18(16)28-4/h5-6,11-12H,7-10,13-14H2,1-4H3. The average Bonchev–Trinajstić information content (AvgIpc) is 3.11. The molecule has 4 rings (SSSR count). The fourth-order valence-electron chi connectivity index (χ4n) is 4.42. The molecule has 7 heteroatoms. The van der Waals surface area contributed by atoms with Crippen molar-refractivity contribution < 1.29 is 14.3 Å². The molecule has 28 heavy (non-hydrogen) atoms. The van der Waals surface area contributed by atoms with Crippen LogP contribution in [0.2, 0.25) is 0 Å². The van der Waals surface area contributed by atoms with Crippen LogP contribution in [0.5, 0.6) is 11.5 Å². The molecule has 0 aliphatic carbocycles. The third kappa shape index (κ3) is 3.13. The number of hydrogen-bond donors (Lipinski definition) is 0. The molecule has 0 radical (unpaired) electrons. The van der Waals surface area contributed by atoms with Gasteiger partial charge in [0.1, 0.15) is 17.3 Å². The summed E-state index contributed by atoms with van der Waals surface area (Å²) in [5.74, 6) is 2.74. The van der Waals surface area contributed by atoms with Crippen LogP contribution in [0.4, 0.5) is 5.82 Å². The molecule has 7 nitrogen and oxygen atoms in total. The van der Waals surface area contributed by atoms with Crippen molar-refractivity contribution >= 4 is 11.7 Å². The zero-order chi connectivity index (χ0) is 19.9. The molecule has 0 bridgehead atoms. The Labute approximate surface area is 165 Å². The first-order valence-electron chi connectivity index (χ1n) is 9.73. The molecule has 2 aliphatic heterocycles. The largest absolute Gasteiger partial charge is 0.497 e. The van der Waals surface area contributed by atoms with E-state index in [0.717, 1.165) is 61.1 Å². The minimum absolute atomic E-state index is 0.178. The number of aromatic nitrogens is 2. The van der Waals surface area contributed by atoms with Gasteiger partial charge < -0.3 is 14.4 Å². The van der Waals surface area contributed by atoms with Crippen LogP contribution >= 0.6 is 0 Å². The van der Waals surface area contributed by atoms with Gasteiger partial charge >= 0.3 is 0 Å². The van der Waals surface area contributed by atoms with Gasteiger partial charge in [-0.1, -0.05) is 6.07 Å². The molecule has 2 aromatic rings. The maximum Gasteiger partial charge on any atom is 0.230 e. The summed E-state index contributed by atoms with van der Waals surface area (Å²) in [5, 5.41) is 4.74.